The molecule has 1 fully saturated rings. The minimum Gasteiger partial charge on any atom is -0.490 e. The lowest BCUT2D eigenvalue weighted by molar-refractivity contribution is -0.138. The highest BCUT2D eigenvalue weighted by molar-refractivity contribution is 9.10. The lowest BCUT2D eigenvalue weighted by atomic mass is 10.1. The molecule has 144 valence electrons. The van der Waals surface area contributed by atoms with Gasteiger partial charge in [0.05, 0.1) is 16.5 Å². The van der Waals surface area contributed by atoms with E-state index in [1.807, 2.05) is 31.2 Å². The van der Waals surface area contributed by atoms with E-state index in [9.17, 15) is 9.90 Å². The second-order valence-electron chi connectivity index (χ2n) is 6.31. The minimum absolute atomic E-state index is 0.0903. The summed E-state index contributed by atoms with van der Waals surface area (Å²) in [5.74, 6) is 1.01. The molecule has 0 spiro atoms. The molecule has 2 N–H and O–H groups in total. The van der Waals surface area contributed by atoms with Crippen LogP contribution in [-0.2, 0) is 11.4 Å². The molecular weight excluding hydrogens is 430 g/mol. The van der Waals surface area contributed by atoms with Crippen molar-refractivity contribution in [1.29, 1.82) is 0 Å². The van der Waals surface area contributed by atoms with Gasteiger partial charge in [0.1, 0.15) is 12.6 Å². The molecule has 0 bridgehead atoms. The number of hydrogen-bond acceptors (Lipinski definition) is 5. The first-order chi connectivity index (χ1) is 13.0. The fourth-order valence-electron chi connectivity index (χ4n) is 2.91. The highest BCUT2D eigenvalue weighted by atomic mass is 79.9. The third kappa shape index (κ3) is 4.97. The molecule has 2 aromatic carbocycles. The van der Waals surface area contributed by atoms with E-state index in [1.165, 1.54) is 5.56 Å². The van der Waals surface area contributed by atoms with Gasteiger partial charge in [-0.2, -0.15) is 0 Å². The van der Waals surface area contributed by atoms with Gasteiger partial charge in [-0.25, -0.2) is 0 Å². The number of carboxylic acid groups (broad SMARTS) is 1. The second-order valence-corrected chi connectivity index (χ2v) is 8.30. The SMILES string of the molecule is CCOc1cc([C@H]2N[C@H](C(=O)O)CS2)cc(Br)c1OCc1cccc(C)c1. The number of hydrogen-bond donors (Lipinski definition) is 2. The summed E-state index contributed by atoms with van der Waals surface area (Å²) in [5.41, 5.74) is 3.24. The highest BCUT2D eigenvalue weighted by Crippen LogP contribution is 2.42. The quantitative estimate of drug-likeness (QED) is 0.644. The van der Waals surface area contributed by atoms with Crippen molar-refractivity contribution in [3.05, 3.63) is 57.6 Å². The summed E-state index contributed by atoms with van der Waals surface area (Å²) in [5, 5.41) is 12.2. The zero-order valence-corrected chi connectivity index (χ0v) is 17.6. The predicted octanol–water partition coefficient (Wildman–Crippen LogP) is 4.52. The topological polar surface area (TPSA) is 67.8 Å². The zero-order valence-electron chi connectivity index (χ0n) is 15.2. The van der Waals surface area contributed by atoms with Crippen molar-refractivity contribution in [3.8, 4) is 11.5 Å². The summed E-state index contributed by atoms with van der Waals surface area (Å²) >= 11 is 5.16. The van der Waals surface area contributed by atoms with Crippen molar-refractivity contribution in [2.45, 2.75) is 31.9 Å². The number of halogens is 1. The van der Waals surface area contributed by atoms with E-state index >= 15 is 0 Å². The largest absolute Gasteiger partial charge is 0.490 e. The highest BCUT2D eigenvalue weighted by Gasteiger charge is 2.31. The lowest BCUT2D eigenvalue weighted by Gasteiger charge is -2.18. The van der Waals surface area contributed by atoms with Crippen LogP contribution < -0.4 is 14.8 Å². The number of ether oxygens (including phenoxy) is 2. The summed E-state index contributed by atoms with van der Waals surface area (Å²) in [6.45, 7) is 4.93. The van der Waals surface area contributed by atoms with Gasteiger partial charge in [0.15, 0.2) is 11.5 Å². The lowest BCUT2D eigenvalue weighted by Crippen LogP contribution is -2.33. The molecular formula is C20H22BrNO4S. The van der Waals surface area contributed by atoms with E-state index in [0.29, 0.717) is 30.5 Å². The Morgan fingerprint density at radius 3 is 2.81 bits per heavy atom. The normalized spacial score (nSPS) is 19.1. The maximum atomic E-state index is 11.2. The predicted molar refractivity (Wildman–Crippen MR) is 111 cm³/mol. The number of carbonyl (C=O) groups is 1. The smallest absolute Gasteiger partial charge is 0.321 e. The van der Waals surface area contributed by atoms with E-state index in [2.05, 4.69) is 40.3 Å². The molecule has 0 unspecified atom stereocenters. The number of rotatable bonds is 7. The van der Waals surface area contributed by atoms with Gasteiger partial charge in [0.2, 0.25) is 0 Å². The van der Waals surface area contributed by atoms with Crippen molar-refractivity contribution < 1.29 is 19.4 Å². The van der Waals surface area contributed by atoms with Gasteiger partial charge < -0.3 is 14.6 Å². The third-order valence-electron chi connectivity index (χ3n) is 4.18. The van der Waals surface area contributed by atoms with Crippen LogP contribution in [0, 0.1) is 6.92 Å². The van der Waals surface area contributed by atoms with Gasteiger partial charge in [0, 0.05) is 5.75 Å². The molecule has 1 saturated heterocycles. The molecule has 2 atom stereocenters. The fourth-order valence-corrected chi connectivity index (χ4v) is 4.69. The Labute approximate surface area is 171 Å². The number of aryl methyl sites for hydroxylation is 1. The van der Waals surface area contributed by atoms with Crippen LogP contribution in [0.2, 0.25) is 0 Å². The first kappa shape index (κ1) is 20.0. The van der Waals surface area contributed by atoms with Crippen LogP contribution in [0.1, 0.15) is 29.0 Å². The Balaban J connectivity index is 1.81. The van der Waals surface area contributed by atoms with Gasteiger partial charge >= 0.3 is 5.97 Å². The first-order valence-electron chi connectivity index (χ1n) is 8.73. The van der Waals surface area contributed by atoms with Crippen molar-refractivity contribution in [2.24, 2.45) is 0 Å². The maximum absolute atomic E-state index is 11.2. The summed E-state index contributed by atoms with van der Waals surface area (Å²) in [6.07, 6.45) is 0. The monoisotopic (exact) mass is 451 g/mol. The molecule has 5 nitrogen and oxygen atoms in total. The molecule has 7 heteroatoms. The summed E-state index contributed by atoms with van der Waals surface area (Å²) < 4.78 is 12.6. The Bertz CT molecular complexity index is 830. The Hall–Kier alpha value is -1.70. The molecule has 27 heavy (non-hydrogen) atoms. The molecule has 2 aromatic rings. The van der Waals surface area contributed by atoms with Crippen LogP contribution >= 0.6 is 27.7 Å². The zero-order chi connectivity index (χ0) is 19.4. The number of nitrogens with one attached hydrogen (secondary N) is 1. The van der Waals surface area contributed by atoms with Crippen molar-refractivity contribution in [3.63, 3.8) is 0 Å². The summed E-state index contributed by atoms with van der Waals surface area (Å²) in [6, 6.07) is 11.5. The maximum Gasteiger partial charge on any atom is 0.321 e. The number of aliphatic carboxylic acids is 1. The fraction of sp³-hybridized carbons (Fsp3) is 0.350. The second kappa shape index (κ2) is 8.99. The van der Waals surface area contributed by atoms with Crippen LogP contribution in [-0.4, -0.2) is 29.5 Å². The van der Waals surface area contributed by atoms with Crippen LogP contribution in [0.5, 0.6) is 11.5 Å². The van der Waals surface area contributed by atoms with Crippen LogP contribution in [0.25, 0.3) is 0 Å². The van der Waals surface area contributed by atoms with Crippen molar-refractivity contribution in [1.82, 2.24) is 5.32 Å². The van der Waals surface area contributed by atoms with Gasteiger partial charge in [-0.05, 0) is 53.0 Å². The summed E-state index contributed by atoms with van der Waals surface area (Å²) in [4.78, 5) is 11.2. The molecule has 0 aliphatic carbocycles. The van der Waals surface area contributed by atoms with E-state index in [1.54, 1.807) is 11.8 Å². The summed E-state index contributed by atoms with van der Waals surface area (Å²) in [7, 11) is 0. The van der Waals surface area contributed by atoms with Gasteiger partial charge in [-0.15, -0.1) is 11.8 Å². The van der Waals surface area contributed by atoms with Gasteiger partial charge in [0.25, 0.3) is 0 Å². The van der Waals surface area contributed by atoms with Crippen LogP contribution in [0.4, 0.5) is 0 Å². The van der Waals surface area contributed by atoms with Crippen LogP contribution in [0.3, 0.4) is 0 Å². The minimum atomic E-state index is -0.827. The molecule has 0 saturated carbocycles. The molecule has 1 heterocycles. The van der Waals surface area contributed by atoms with Crippen LogP contribution in [0.15, 0.2) is 40.9 Å². The molecule has 0 radical (unpaired) electrons. The van der Waals surface area contributed by atoms with Gasteiger partial charge in [-0.1, -0.05) is 29.8 Å². The standard InChI is InChI=1S/C20H22BrNO4S/c1-3-25-17-9-14(19-22-16(11-27-19)20(23)24)8-15(21)18(17)26-10-13-6-4-5-12(2)7-13/h4-9,16,19,22H,3,10-11H2,1-2H3,(H,23,24)/t16-,19-/m0/s1. The molecule has 1 aliphatic rings. The number of carboxylic acids is 1. The van der Waals surface area contributed by atoms with Gasteiger partial charge in [-0.3, -0.25) is 10.1 Å². The van der Waals surface area contributed by atoms with Crippen molar-refractivity contribution in [2.75, 3.05) is 12.4 Å². The number of thioether (sulfide) groups is 1. The molecule has 3 rings (SSSR count). The van der Waals surface area contributed by atoms with E-state index in [0.717, 1.165) is 15.6 Å². The Morgan fingerprint density at radius 1 is 1.33 bits per heavy atom. The molecule has 0 aromatic heterocycles. The average molecular weight is 452 g/mol. The van der Waals surface area contributed by atoms with E-state index in [-0.39, 0.29) is 5.37 Å². The average Bonchev–Trinajstić information content (AvgIpc) is 3.11. The molecule has 0 amide bonds. The van der Waals surface area contributed by atoms with Crippen molar-refractivity contribution >= 4 is 33.7 Å². The third-order valence-corrected chi connectivity index (χ3v) is 6.04. The Morgan fingerprint density at radius 2 is 2.15 bits per heavy atom. The number of benzene rings is 2. The first-order valence-corrected chi connectivity index (χ1v) is 10.6. The van der Waals surface area contributed by atoms with E-state index in [4.69, 9.17) is 9.47 Å². The van der Waals surface area contributed by atoms with E-state index < -0.39 is 12.0 Å². The molecule has 1 aliphatic heterocycles. The Kier molecular flexibility index (Phi) is 6.68.